The van der Waals surface area contributed by atoms with Crippen molar-refractivity contribution in [1.82, 2.24) is 20.1 Å². The number of aliphatic hydroxyl groups is 1. The Labute approximate surface area is 226 Å². The first-order chi connectivity index (χ1) is 17.7. The summed E-state index contributed by atoms with van der Waals surface area (Å²) in [5, 5.41) is 27.9. The zero-order valence-corrected chi connectivity index (χ0v) is 22.9. The van der Waals surface area contributed by atoms with Gasteiger partial charge in [-0.15, -0.1) is 0 Å². The number of carbonyl (C=O) groups excluding carboxylic acids is 1. The summed E-state index contributed by atoms with van der Waals surface area (Å²) >= 11 is 6.56. The van der Waals surface area contributed by atoms with Gasteiger partial charge in [-0.1, -0.05) is 11.6 Å². The molecule has 0 aliphatic carbocycles. The zero-order chi connectivity index (χ0) is 27.8. The van der Waals surface area contributed by atoms with Gasteiger partial charge in [-0.25, -0.2) is 14.2 Å². The van der Waals surface area contributed by atoms with Gasteiger partial charge in [-0.3, -0.25) is 4.68 Å². The molecular weight excluding hydrogens is 511 g/mol. The fourth-order valence-electron chi connectivity index (χ4n) is 4.52. The smallest absolute Gasteiger partial charge is 0.407 e. The van der Waals surface area contributed by atoms with Crippen molar-refractivity contribution in [2.75, 3.05) is 18.0 Å². The van der Waals surface area contributed by atoms with E-state index in [2.05, 4.69) is 21.5 Å². The number of fused-ring (bicyclic) bond motifs is 1. The second-order valence-corrected chi connectivity index (χ2v) is 11.6. The SMILES string of the molecule is CC(C)(O)Cn1ncc2cc(-c3c(C#N)cc(N4CCC(NC(=O)OC(C)(C)C)CC4)nc3Cl)c(F)cc21. The molecular formula is C27H32ClFN6O3. The lowest BCUT2D eigenvalue weighted by Crippen LogP contribution is -2.46. The molecule has 11 heteroatoms. The minimum atomic E-state index is -1.02. The van der Waals surface area contributed by atoms with Crippen LogP contribution in [-0.4, -0.2) is 56.3 Å². The van der Waals surface area contributed by atoms with Crippen molar-refractivity contribution in [3.05, 3.63) is 40.9 Å². The molecule has 3 heterocycles. The van der Waals surface area contributed by atoms with E-state index < -0.39 is 23.1 Å². The van der Waals surface area contributed by atoms with Crippen LogP contribution in [0, 0.1) is 17.1 Å². The number of rotatable bonds is 5. The van der Waals surface area contributed by atoms with Gasteiger partial charge in [-0.2, -0.15) is 10.4 Å². The zero-order valence-electron chi connectivity index (χ0n) is 22.2. The molecule has 0 radical (unpaired) electrons. The van der Waals surface area contributed by atoms with Crippen molar-refractivity contribution in [2.45, 2.75) is 71.2 Å². The van der Waals surface area contributed by atoms with Gasteiger partial charge in [-0.05, 0) is 59.6 Å². The molecule has 202 valence electrons. The number of carbonyl (C=O) groups is 1. The maximum atomic E-state index is 15.3. The molecule has 1 aromatic carbocycles. The third-order valence-corrected chi connectivity index (χ3v) is 6.43. The Balaban J connectivity index is 1.56. The normalized spacial score (nSPS) is 15.0. The van der Waals surface area contributed by atoms with Crippen LogP contribution in [0.5, 0.6) is 0 Å². The number of alkyl carbamates (subject to hydrolysis) is 1. The molecule has 9 nitrogen and oxygen atoms in total. The average Bonchev–Trinajstić information content (AvgIpc) is 3.17. The number of halogens is 2. The second-order valence-electron chi connectivity index (χ2n) is 11.2. The van der Waals surface area contributed by atoms with Crippen LogP contribution in [0.1, 0.15) is 53.0 Å². The van der Waals surface area contributed by atoms with Gasteiger partial charge in [0.15, 0.2) is 0 Å². The van der Waals surface area contributed by atoms with Crippen LogP contribution in [-0.2, 0) is 11.3 Å². The Hall–Kier alpha value is -3.42. The molecule has 0 spiro atoms. The number of hydrogen-bond donors (Lipinski definition) is 2. The van der Waals surface area contributed by atoms with Crippen LogP contribution in [0.3, 0.4) is 0 Å². The van der Waals surface area contributed by atoms with Crippen molar-refractivity contribution in [1.29, 1.82) is 5.26 Å². The minimum Gasteiger partial charge on any atom is -0.444 e. The molecule has 1 fully saturated rings. The standard InChI is InChI=1S/C27H32ClFN6O3/c1-26(2,3)38-25(36)32-18-6-8-34(9-7-18)22-11-16(13-30)23(24(28)33-22)19-10-17-14-31-35(15-27(4,5)37)21(17)12-20(19)29/h10-12,14,18,37H,6-9,15H2,1-5H3,(H,32,36). The number of nitriles is 1. The summed E-state index contributed by atoms with van der Waals surface area (Å²) in [6.45, 7) is 10.1. The van der Waals surface area contributed by atoms with Crippen molar-refractivity contribution in [3.8, 4) is 17.2 Å². The Morgan fingerprint density at radius 1 is 1.26 bits per heavy atom. The molecule has 3 aromatic rings. The number of ether oxygens (including phenoxy) is 1. The summed E-state index contributed by atoms with van der Waals surface area (Å²) in [6.07, 6.45) is 2.48. The quantitative estimate of drug-likeness (QED) is 0.434. The maximum absolute atomic E-state index is 15.3. The highest BCUT2D eigenvalue weighted by molar-refractivity contribution is 6.32. The maximum Gasteiger partial charge on any atom is 0.407 e. The van der Waals surface area contributed by atoms with Crippen molar-refractivity contribution >= 4 is 34.4 Å². The fourth-order valence-corrected chi connectivity index (χ4v) is 4.81. The lowest BCUT2D eigenvalue weighted by Gasteiger charge is -2.33. The monoisotopic (exact) mass is 542 g/mol. The molecule has 38 heavy (non-hydrogen) atoms. The summed E-state index contributed by atoms with van der Waals surface area (Å²) in [4.78, 5) is 18.6. The number of piperidine rings is 1. The van der Waals surface area contributed by atoms with Gasteiger partial charge in [0.2, 0.25) is 0 Å². The van der Waals surface area contributed by atoms with Crippen molar-refractivity contribution in [2.24, 2.45) is 0 Å². The highest BCUT2D eigenvalue weighted by Gasteiger charge is 2.26. The largest absolute Gasteiger partial charge is 0.444 e. The average molecular weight is 543 g/mol. The first kappa shape index (κ1) is 27.6. The van der Waals surface area contributed by atoms with E-state index in [1.807, 2.05) is 25.7 Å². The lowest BCUT2D eigenvalue weighted by molar-refractivity contribution is 0.0496. The Bertz CT molecular complexity index is 1400. The third-order valence-electron chi connectivity index (χ3n) is 6.16. The van der Waals surface area contributed by atoms with Gasteiger partial charge >= 0.3 is 6.09 Å². The number of amides is 1. The van der Waals surface area contributed by atoms with Crippen LogP contribution in [0.2, 0.25) is 5.15 Å². The number of hydrogen-bond acceptors (Lipinski definition) is 7. The molecule has 0 unspecified atom stereocenters. The van der Waals surface area contributed by atoms with E-state index in [4.69, 9.17) is 16.3 Å². The van der Waals surface area contributed by atoms with Crippen molar-refractivity contribution < 1.29 is 19.0 Å². The van der Waals surface area contributed by atoms with Gasteiger partial charge in [0, 0.05) is 41.7 Å². The number of pyridine rings is 1. The summed E-state index contributed by atoms with van der Waals surface area (Å²) in [5.41, 5.74) is -0.491. The van der Waals surface area contributed by atoms with Gasteiger partial charge < -0.3 is 20.1 Å². The number of anilines is 1. The summed E-state index contributed by atoms with van der Waals surface area (Å²) in [5.74, 6) is -0.0533. The van der Waals surface area contributed by atoms with Crippen LogP contribution < -0.4 is 10.2 Å². The Morgan fingerprint density at radius 3 is 2.55 bits per heavy atom. The molecule has 4 rings (SSSR count). The van der Waals surface area contributed by atoms with E-state index in [-0.39, 0.29) is 34.4 Å². The molecule has 0 bridgehead atoms. The highest BCUT2D eigenvalue weighted by atomic mass is 35.5. The number of aromatic nitrogens is 3. The number of nitrogens with zero attached hydrogens (tertiary/aromatic N) is 5. The lowest BCUT2D eigenvalue weighted by atomic mass is 9.99. The number of nitrogens with one attached hydrogen (secondary N) is 1. The Morgan fingerprint density at radius 2 is 1.95 bits per heavy atom. The summed E-state index contributed by atoms with van der Waals surface area (Å²) in [7, 11) is 0. The van der Waals surface area contributed by atoms with Gasteiger partial charge in [0.1, 0.15) is 28.5 Å². The van der Waals surface area contributed by atoms with Crippen LogP contribution in [0.25, 0.3) is 22.0 Å². The van der Waals surface area contributed by atoms with Crippen molar-refractivity contribution in [3.63, 3.8) is 0 Å². The van der Waals surface area contributed by atoms with Gasteiger partial charge in [0.05, 0.1) is 29.4 Å². The molecule has 1 aliphatic rings. The molecule has 1 saturated heterocycles. The number of benzene rings is 1. The highest BCUT2D eigenvalue weighted by Crippen LogP contribution is 2.37. The van der Waals surface area contributed by atoms with Crippen LogP contribution in [0.15, 0.2) is 24.4 Å². The Kier molecular flexibility index (Phi) is 7.55. The summed E-state index contributed by atoms with van der Waals surface area (Å²) in [6, 6.07) is 6.64. The molecule has 2 aromatic heterocycles. The van der Waals surface area contributed by atoms with E-state index in [1.165, 1.54) is 10.7 Å². The van der Waals surface area contributed by atoms with Gasteiger partial charge in [0.25, 0.3) is 0 Å². The third kappa shape index (κ3) is 6.34. The topological polar surface area (TPSA) is 116 Å². The molecule has 2 N–H and O–H groups in total. The molecule has 1 amide bonds. The van der Waals surface area contributed by atoms with E-state index in [1.54, 1.807) is 32.2 Å². The second kappa shape index (κ2) is 10.4. The van der Waals surface area contributed by atoms with Crippen LogP contribution in [0.4, 0.5) is 15.0 Å². The first-order valence-electron chi connectivity index (χ1n) is 12.5. The molecule has 1 aliphatic heterocycles. The van der Waals surface area contributed by atoms with E-state index in [0.29, 0.717) is 42.7 Å². The first-order valence-corrected chi connectivity index (χ1v) is 12.8. The molecule has 0 atom stereocenters. The van der Waals surface area contributed by atoms with E-state index in [9.17, 15) is 15.2 Å². The predicted octanol–water partition coefficient (Wildman–Crippen LogP) is 5.03. The fraction of sp³-hybridized carbons (Fsp3) is 0.481. The van der Waals surface area contributed by atoms with E-state index in [0.717, 1.165) is 0 Å². The summed E-state index contributed by atoms with van der Waals surface area (Å²) < 4.78 is 22.2. The van der Waals surface area contributed by atoms with E-state index >= 15 is 4.39 Å². The predicted molar refractivity (Wildman–Crippen MR) is 144 cm³/mol. The minimum absolute atomic E-state index is 0.0233. The van der Waals surface area contributed by atoms with Crippen LogP contribution >= 0.6 is 11.6 Å². The molecule has 0 saturated carbocycles.